The number of hydrazine groups is 1. The number of pyridine rings is 1. The Morgan fingerprint density at radius 1 is 1.46 bits per heavy atom. The molecule has 0 aromatic carbocycles. The van der Waals surface area contributed by atoms with E-state index in [2.05, 4.69) is 0 Å². The molecule has 0 radical (unpaired) electrons. The Balaban J connectivity index is 3.20. The van der Waals surface area contributed by atoms with Crippen LogP contribution >= 0.6 is 23.2 Å². The third-order valence-electron chi connectivity index (χ3n) is 1.33. The molecule has 70 valence electrons. The Hall–Kier alpha value is -1.04. The summed E-state index contributed by atoms with van der Waals surface area (Å²) in [5.74, 6) is 4.31. The molecule has 0 aliphatic carbocycles. The normalized spacial score (nSPS) is 9.77. The Morgan fingerprint density at radius 3 is 2.31 bits per heavy atom. The molecule has 0 aliphatic heterocycles. The fourth-order valence-corrected chi connectivity index (χ4v) is 1.19. The number of nitrogens with one attached hydrogen (secondary N) is 1. The molecule has 0 saturated carbocycles. The van der Waals surface area contributed by atoms with Gasteiger partial charge in [-0.05, 0) is 23.2 Å². The predicted octanol–water partition coefficient (Wildman–Crippen LogP) is 0.230. The van der Waals surface area contributed by atoms with Crippen LogP contribution in [0.1, 0.15) is 10.4 Å². The Bertz CT molecular complexity index is 333. The summed E-state index contributed by atoms with van der Waals surface area (Å²) < 4.78 is 0.288. The number of carbonyl (C=O) groups is 1. The van der Waals surface area contributed by atoms with Crippen molar-refractivity contribution in [2.24, 2.45) is 5.84 Å². The topological polar surface area (TPSA) is 82.1 Å². The summed E-state index contributed by atoms with van der Waals surface area (Å²) >= 11 is 10.9. The van der Waals surface area contributed by atoms with Crippen LogP contribution in [0, 0.1) is 5.21 Å². The molecule has 1 aromatic heterocycles. The van der Waals surface area contributed by atoms with Crippen molar-refractivity contribution in [1.82, 2.24) is 5.43 Å². The minimum Gasteiger partial charge on any atom is -0.617 e. The largest absolute Gasteiger partial charge is 0.617 e. The molecule has 5 nitrogen and oxygen atoms in total. The van der Waals surface area contributed by atoms with E-state index in [4.69, 9.17) is 29.0 Å². The molecule has 0 bridgehead atoms. The second-order valence-electron chi connectivity index (χ2n) is 2.16. The number of halogens is 2. The van der Waals surface area contributed by atoms with Crippen LogP contribution in [0.4, 0.5) is 0 Å². The first-order valence-corrected chi connectivity index (χ1v) is 3.91. The standard InChI is InChI=1S/C6H5Cl2N3O2/c7-4-1-3(6(12)10-9)2-5(8)11(4)13/h1-2H,9H2,(H,10,12). The van der Waals surface area contributed by atoms with Crippen LogP contribution in [0.3, 0.4) is 0 Å². The molecule has 13 heavy (non-hydrogen) atoms. The highest BCUT2D eigenvalue weighted by Gasteiger charge is 2.14. The molecule has 0 fully saturated rings. The van der Waals surface area contributed by atoms with Gasteiger partial charge in [0.25, 0.3) is 16.2 Å². The number of nitrogens with zero attached hydrogens (tertiary/aromatic N) is 1. The van der Waals surface area contributed by atoms with Crippen LogP contribution < -0.4 is 16.0 Å². The van der Waals surface area contributed by atoms with Crippen molar-refractivity contribution in [3.63, 3.8) is 0 Å². The van der Waals surface area contributed by atoms with E-state index in [0.29, 0.717) is 0 Å². The van der Waals surface area contributed by atoms with E-state index in [-0.39, 0.29) is 20.6 Å². The summed E-state index contributed by atoms with van der Waals surface area (Å²) in [6.45, 7) is 0. The molecular weight excluding hydrogens is 217 g/mol. The Labute approximate surface area is 83.6 Å². The van der Waals surface area contributed by atoms with Crippen molar-refractivity contribution in [2.45, 2.75) is 0 Å². The first-order valence-electron chi connectivity index (χ1n) is 3.16. The molecule has 7 heteroatoms. The van der Waals surface area contributed by atoms with Crippen LogP contribution in [0.25, 0.3) is 0 Å². The summed E-state index contributed by atoms with van der Waals surface area (Å²) in [5, 5.41) is 10.5. The SMILES string of the molecule is NNC(=O)c1cc(Cl)[n+]([O-])c(Cl)c1. The quantitative estimate of drug-likeness (QED) is 0.178. The average Bonchev–Trinajstić information content (AvgIpc) is 2.12. The molecule has 1 aromatic rings. The van der Waals surface area contributed by atoms with Gasteiger partial charge in [0.15, 0.2) is 0 Å². The lowest BCUT2D eigenvalue weighted by Gasteiger charge is -2.03. The molecule has 0 spiro atoms. The van der Waals surface area contributed by atoms with Gasteiger partial charge in [0, 0.05) is 12.1 Å². The lowest BCUT2D eigenvalue weighted by Crippen LogP contribution is -2.33. The van der Waals surface area contributed by atoms with Crippen LogP contribution in [0.15, 0.2) is 12.1 Å². The summed E-state index contributed by atoms with van der Waals surface area (Å²) in [6, 6.07) is 2.34. The zero-order valence-corrected chi connectivity index (χ0v) is 7.76. The lowest BCUT2D eigenvalue weighted by molar-refractivity contribution is -0.600. The zero-order valence-electron chi connectivity index (χ0n) is 6.25. The van der Waals surface area contributed by atoms with E-state index in [1.54, 1.807) is 0 Å². The molecule has 0 saturated heterocycles. The van der Waals surface area contributed by atoms with Gasteiger partial charge in [-0.2, -0.15) is 0 Å². The lowest BCUT2D eigenvalue weighted by atomic mass is 10.2. The molecule has 1 amide bonds. The summed E-state index contributed by atoms with van der Waals surface area (Å²) in [6.07, 6.45) is 0. The average molecular weight is 222 g/mol. The number of nitrogens with two attached hydrogens (primary N) is 1. The third-order valence-corrected chi connectivity index (χ3v) is 1.86. The maximum Gasteiger partial charge on any atom is 0.288 e. The second-order valence-corrected chi connectivity index (χ2v) is 2.93. The van der Waals surface area contributed by atoms with Gasteiger partial charge < -0.3 is 5.21 Å². The predicted molar refractivity (Wildman–Crippen MR) is 47.1 cm³/mol. The van der Waals surface area contributed by atoms with Crippen molar-refractivity contribution in [2.75, 3.05) is 0 Å². The first-order chi connectivity index (χ1) is 6.06. The number of nitrogen functional groups attached to an aromatic ring is 1. The Morgan fingerprint density at radius 2 is 1.92 bits per heavy atom. The van der Waals surface area contributed by atoms with Crippen LogP contribution in [-0.2, 0) is 0 Å². The van der Waals surface area contributed by atoms with Crippen molar-refractivity contribution in [1.29, 1.82) is 0 Å². The van der Waals surface area contributed by atoms with E-state index in [0.717, 1.165) is 0 Å². The highest BCUT2D eigenvalue weighted by atomic mass is 35.5. The van der Waals surface area contributed by atoms with Crippen molar-refractivity contribution in [3.8, 4) is 0 Å². The molecule has 1 rings (SSSR count). The van der Waals surface area contributed by atoms with Gasteiger partial charge in [-0.3, -0.25) is 10.2 Å². The maximum atomic E-state index is 11.0. The van der Waals surface area contributed by atoms with Crippen LogP contribution in [-0.4, -0.2) is 5.91 Å². The molecule has 0 aliphatic rings. The molecule has 1 heterocycles. The van der Waals surface area contributed by atoms with Gasteiger partial charge in [-0.25, -0.2) is 5.84 Å². The first kappa shape index (κ1) is 10.0. The number of amides is 1. The molecular formula is C6H5Cl2N3O2. The van der Waals surface area contributed by atoms with E-state index in [9.17, 15) is 10.0 Å². The van der Waals surface area contributed by atoms with E-state index < -0.39 is 5.91 Å². The molecule has 3 N–H and O–H groups in total. The van der Waals surface area contributed by atoms with Crippen molar-refractivity contribution >= 4 is 29.1 Å². The number of carbonyl (C=O) groups excluding carboxylic acids is 1. The van der Waals surface area contributed by atoms with E-state index in [1.165, 1.54) is 12.1 Å². The van der Waals surface area contributed by atoms with Crippen molar-refractivity contribution in [3.05, 3.63) is 33.2 Å². The zero-order chi connectivity index (χ0) is 10.0. The minimum atomic E-state index is -0.565. The van der Waals surface area contributed by atoms with Crippen LogP contribution in [0.2, 0.25) is 10.3 Å². The summed E-state index contributed by atoms with van der Waals surface area (Å²) in [7, 11) is 0. The summed E-state index contributed by atoms with van der Waals surface area (Å²) in [5.41, 5.74) is 2.02. The van der Waals surface area contributed by atoms with E-state index >= 15 is 0 Å². The maximum absolute atomic E-state index is 11.0. The van der Waals surface area contributed by atoms with Gasteiger partial charge >= 0.3 is 0 Å². The number of hydrogen-bond acceptors (Lipinski definition) is 3. The highest BCUT2D eigenvalue weighted by Crippen LogP contribution is 2.11. The highest BCUT2D eigenvalue weighted by molar-refractivity contribution is 6.31. The van der Waals surface area contributed by atoms with E-state index in [1.807, 2.05) is 5.43 Å². The monoisotopic (exact) mass is 221 g/mol. The van der Waals surface area contributed by atoms with Gasteiger partial charge in [0.1, 0.15) is 0 Å². The van der Waals surface area contributed by atoms with Gasteiger partial charge in [0.2, 0.25) is 0 Å². The van der Waals surface area contributed by atoms with Gasteiger partial charge in [-0.15, -0.1) is 4.73 Å². The second kappa shape index (κ2) is 3.78. The third kappa shape index (κ3) is 2.00. The molecule has 0 unspecified atom stereocenters. The number of aromatic nitrogens is 1. The Kier molecular flexibility index (Phi) is 2.92. The summed E-state index contributed by atoms with van der Waals surface area (Å²) in [4.78, 5) is 11.0. The molecule has 0 atom stereocenters. The number of hydrogen-bond donors (Lipinski definition) is 2. The van der Waals surface area contributed by atoms with Gasteiger partial charge in [-0.1, -0.05) is 0 Å². The number of rotatable bonds is 1. The fraction of sp³-hybridized carbons (Fsp3) is 0. The minimum absolute atomic E-state index is 0.129. The van der Waals surface area contributed by atoms with Gasteiger partial charge in [0.05, 0.1) is 5.56 Å². The smallest absolute Gasteiger partial charge is 0.288 e. The van der Waals surface area contributed by atoms with Crippen molar-refractivity contribution < 1.29 is 9.52 Å². The fourth-order valence-electron chi connectivity index (χ4n) is 0.732. The van der Waals surface area contributed by atoms with Crippen LogP contribution in [0.5, 0.6) is 0 Å².